The number of rotatable bonds is 1. The number of carbonyl (C=O) groups excluding carboxylic acids is 2. The number of hydrogen-bond donors (Lipinski definition) is 2. The molecule has 2 unspecified atom stereocenters. The lowest BCUT2D eigenvalue weighted by molar-refractivity contribution is -0.145. The summed E-state index contributed by atoms with van der Waals surface area (Å²) in [5.74, 6) is -1.33. The Morgan fingerprint density at radius 2 is 1.90 bits per heavy atom. The van der Waals surface area contributed by atoms with Crippen LogP contribution in [0.4, 0.5) is 4.79 Å². The van der Waals surface area contributed by atoms with Crippen LogP contribution >= 0.6 is 0 Å². The summed E-state index contributed by atoms with van der Waals surface area (Å²) in [5.41, 5.74) is -1.03. The average Bonchev–Trinajstić information content (AvgIpc) is 2.78. The highest BCUT2D eigenvalue weighted by Gasteiger charge is 2.48. The van der Waals surface area contributed by atoms with Crippen molar-refractivity contribution in [3.05, 3.63) is 0 Å². The minimum absolute atomic E-state index is 0.0171. The molecule has 0 spiro atoms. The van der Waals surface area contributed by atoms with Gasteiger partial charge in [0.1, 0.15) is 11.6 Å². The van der Waals surface area contributed by atoms with E-state index in [9.17, 15) is 24.6 Å². The van der Waals surface area contributed by atoms with Gasteiger partial charge in [-0.1, -0.05) is 0 Å². The molecule has 0 bridgehead atoms. The number of β-amino-alcohol motifs (C(OH)–C–C–N with tert-alkyl or cyclic N) is 1. The number of likely N-dealkylation sites (N-methyl/N-ethyl adjacent to an activating group) is 1. The molecule has 2 aliphatic heterocycles. The lowest BCUT2D eigenvalue weighted by Gasteiger charge is -2.46. The van der Waals surface area contributed by atoms with E-state index in [1.807, 2.05) is 0 Å². The van der Waals surface area contributed by atoms with Gasteiger partial charge in [-0.15, -0.1) is 0 Å². The lowest BCUT2D eigenvalue weighted by atomic mass is 9.98. The summed E-state index contributed by atoms with van der Waals surface area (Å²) < 4.78 is 0. The Morgan fingerprint density at radius 1 is 1.29 bits per heavy atom. The molecule has 118 valence electrons. The van der Waals surface area contributed by atoms with E-state index in [-0.39, 0.29) is 18.9 Å². The van der Waals surface area contributed by atoms with E-state index in [1.165, 1.54) is 4.90 Å². The zero-order valence-electron chi connectivity index (χ0n) is 12.4. The second kappa shape index (κ2) is 5.18. The smallest absolute Gasteiger partial charge is 0.326 e. The van der Waals surface area contributed by atoms with Crippen molar-refractivity contribution in [2.75, 3.05) is 26.7 Å². The molecule has 2 N–H and O–H groups in total. The number of urea groups is 1. The first-order valence-electron chi connectivity index (χ1n) is 6.91. The summed E-state index contributed by atoms with van der Waals surface area (Å²) in [5, 5.41) is 18.8. The minimum atomic E-state index is -1.14. The normalized spacial score (nSPS) is 29.0. The topological polar surface area (TPSA) is 101 Å². The maximum atomic E-state index is 12.6. The van der Waals surface area contributed by atoms with Crippen molar-refractivity contribution in [2.24, 2.45) is 0 Å². The summed E-state index contributed by atoms with van der Waals surface area (Å²) in [4.78, 5) is 40.2. The van der Waals surface area contributed by atoms with Gasteiger partial charge in [-0.25, -0.2) is 9.59 Å². The van der Waals surface area contributed by atoms with Gasteiger partial charge in [0.25, 0.3) is 0 Å². The zero-order valence-corrected chi connectivity index (χ0v) is 12.4. The van der Waals surface area contributed by atoms with Crippen molar-refractivity contribution in [3.63, 3.8) is 0 Å². The van der Waals surface area contributed by atoms with E-state index in [4.69, 9.17) is 0 Å². The molecule has 2 atom stereocenters. The molecule has 0 aromatic heterocycles. The Labute approximate surface area is 122 Å². The number of likely N-dealkylation sites (tertiary alicyclic amines) is 1. The highest BCUT2D eigenvalue weighted by molar-refractivity contribution is 5.92. The first-order valence-corrected chi connectivity index (χ1v) is 6.91. The SMILES string of the molecule is CN1CCN(C(=O)N2CC(O)CC2C(=O)O)C(C)(C)C1=O. The molecule has 2 saturated heterocycles. The highest BCUT2D eigenvalue weighted by atomic mass is 16.4. The average molecular weight is 299 g/mol. The van der Waals surface area contributed by atoms with Crippen molar-refractivity contribution >= 4 is 17.9 Å². The summed E-state index contributed by atoms with van der Waals surface area (Å²) in [6.45, 7) is 4.01. The number of amides is 3. The van der Waals surface area contributed by atoms with Gasteiger partial charge in [-0.3, -0.25) is 4.79 Å². The summed E-state index contributed by atoms with van der Waals surface area (Å²) in [7, 11) is 1.67. The van der Waals surface area contributed by atoms with Crippen LogP contribution in [0.15, 0.2) is 0 Å². The molecule has 8 nitrogen and oxygen atoms in total. The second-order valence-corrected chi connectivity index (χ2v) is 6.12. The number of nitrogens with zero attached hydrogens (tertiary/aromatic N) is 3. The number of carboxylic acids is 1. The van der Waals surface area contributed by atoms with E-state index >= 15 is 0 Å². The van der Waals surface area contributed by atoms with Gasteiger partial charge in [0.05, 0.1) is 6.10 Å². The molecule has 3 amide bonds. The third-order valence-electron chi connectivity index (χ3n) is 4.24. The third-order valence-corrected chi connectivity index (χ3v) is 4.24. The zero-order chi connectivity index (χ0) is 15.9. The van der Waals surface area contributed by atoms with Crippen LogP contribution in [-0.4, -0.2) is 87.2 Å². The predicted octanol–water partition coefficient (Wildman–Crippen LogP) is -0.821. The number of carboxylic acid groups (broad SMARTS) is 1. The van der Waals surface area contributed by atoms with Gasteiger partial charge < -0.3 is 24.9 Å². The quantitative estimate of drug-likeness (QED) is 0.658. The van der Waals surface area contributed by atoms with Crippen LogP contribution in [0.25, 0.3) is 0 Å². The maximum Gasteiger partial charge on any atom is 0.326 e. The van der Waals surface area contributed by atoms with E-state index in [0.29, 0.717) is 13.1 Å². The van der Waals surface area contributed by atoms with Crippen molar-refractivity contribution < 1.29 is 24.6 Å². The fourth-order valence-corrected chi connectivity index (χ4v) is 2.96. The van der Waals surface area contributed by atoms with Crippen LogP contribution in [0.2, 0.25) is 0 Å². The molecular weight excluding hydrogens is 278 g/mol. The maximum absolute atomic E-state index is 12.6. The monoisotopic (exact) mass is 299 g/mol. The molecule has 0 aliphatic carbocycles. The molecule has 0 radical (unpaired) electrons. The molecule has 21 heavy (non-hydrogen) atoms. The van der Waals surface area contributed by atoms with Crippen LogP contribution < -0.4 is 0 Å². The number of piperazine rings is 1. The van der Waals surface area contributed by atoms with Crippen molar-refractivity contribution in [1.82, 2.24) is 14.7 Å². The van der Waals surface area contributed by atoms with E-state index in [2.05, 4.69) is 0 Å². The van der Waals surface area contributed by atoms with Gasteiger partial charge in [0.15, 0.2) is 0 Å². The molecule has 2 fully saturated rings. The molecule has 2 aliphatic rings. The number of hydrogen-bond acceptors (Lipinski definition) is 4. The molecule has 2 rings (SSSR count). The standard InChI is InChI=1S/C13H21N3O5/c1-13(2)11(20)14(3)4-5-16(13)12(21)15-7-8(17)6-9(15)10(18)19/h8-9,17H,4-7H2,1-3H3,(H,18,19). The Morgan fingerprint density at radius 3 is 2.48 bits per heavy atom. The molecule has 8 heteroatoms. The molecule has 0 aromatic carbocycles. The van der Waals surface area contributed by atoms with Gasteiger partial charge in [0, 0.05) is 33.1 Å². The Hall–Kier alpha value is -1.83. The Kier molecular flexibility index (Phi) is 3.83. The van der Waals surface area contributed by atoms with E-state index in [1.54, 1.807) is 25.8 Å². The van der Waals surface area contributed by atoms with Crippen LogP contribution in [0, 0.1) is 0 Å². The lowest BCUT2D eigenvalue weighted by Crippen LogP contribution is -2.66. The van der Waals surface area contributed by atoms with Crippen LogP contribution in [0.5, 0.6) is 0 Å². The van der Waals surface area contributed by atoms with Gasteiger partial charge in [0.2, 0.25) is 5.91 Å². The van der Waals surface area contributed by atoms with Crippen molar-refractivity contribution in [1.29, 1.82) is 0 Å². The van der Waals surface area contributed by atoms with Crippen LogP contribution in [-0.2, 0) is 9.59 Å². The Bertz CT molecular complexity index is 478. The largest absolute Gasteiger partial charge is 0.480 e. The molecule has 2 heterocycles. The van der Waals surface area contributed by atoms with Crippen LogP contribution in [0.1, 0.15) is 20.3 Å². The third kappa shape index (κ3) is 2.55. The predicted molar refractivity (Wildman–Crippen MR) is 72.6 cm³/mol. The summed E-state index contributed by atoms with van der Waals surface area (Å²) in [6.07, 6.45) is -0.829. The summed E-state index contributed by atoms with van der Waals surface area (Å²) >= 11 is 0. The van der Waals surface area contributed by atoms with E-state index < -0.39 is 29.7 Å². The van der Waals surface area contributed by atoms with E-state index in [0.717, 1.165) is 4.90 Å². The number of aliphatic carboxylic acids is 1. The molecule has 0 saturated carbocycles. The second-order valence-electron chi connectivity index (χ2n) is 6.12. The van der Waals surface area contributed by atoms with Gasteiger partial charge in [-0.2, -0.15) is 0 Å². The summed E-state index contributed by atoms with van der Waals surface area (Å²) in [6, 6.07) is -1.55. The van der Waals surface area contributed by atoms with Crippen LogP contribution in [0.3, 0.4) is 0 Å². The van der Waals surface area contributed by atoms with Gasteiger partial charge >= 0.3 is 12.0 Å². The number of aliphatic hydroxyl groups excluding tert-OH is 1. The first-order chi connectivity index (χ1) is 9.66. The fourth-order valence-electron chi connectivity index (χ4n) is 2.96. The van der Waals surface area contributed by atoms with Gasteiger partial charge in [-0.05, 0) is 13.8 Å². The first kappa shape index (κ1) is 15.6. The minimum Gasteiger partial charge on any atom is -0.480 e. The highest BCUT2D eigenvalue weighted by Crippen LogP contribution is 2.27. The Balaban J connectivity index is 2.23. The van der Waals surface area contributed by atoms with Crippen molar-refractivity contribution in [2.45, 2.75) is 38.0 Å². The fraction of sp³-hybridized carbons (Fsp3) is 0.769. The molecular formula is C13H21N3O5. The number of aliphatic hydroxyl groups is 1. The number of carbonyl (C=O) groups is 3. The molecule has 0 aromatic rings. The van der Waals surface area contributed by atoms with Crippen molar-refractivity contribution in [3.8, 4) is 0 Å².